The van der Waals surface area contributed by atoms with E-state index in [0.717, 1.165) is 28.6 Å². The lowest BCUT2D eigenvalue weighted by Crippen LogP contribution is -2.40. The van der Waals surface area contributed by atoms with Crippen molar-refractivity contribution in [2.45, 2.75) is 39.3 Å². The number of benzene rings is 2. The molecular formula is C29H30FN3O4. The number of nitrogens with zero attached hydrogens (tertiary/aromatic N) is 3. The van der Waals surface area contributed by atoms with Crippen molar-refractivity contribution < 1.29 is 18.7 Å². The summed E-state index contributed by atoms with van der Waals surface area (Å²) in [6, 6.07) is 13.5. The highest BCUT2D eigenvalue weighted by molar-refractivity contribution is 5.88. The maximum absolute atomic E-state index is 13.6. The number of hydrogen-bond donors (Lipinski definition) is 0. The maximum Gasteiger partial charge on any atom is 0.410 e. The number of pyridine rings is 1. The Kier molecular flexibility index (Phi) is 6.06. The highest BCUT2D eigenvalue weighted by Crippen LogP contribution is 2.33. The van der Waals surface area contributed by atoms with Crippen LogP contribution < -0.4 is 10.3 Å². The number of fused-ring (bicyclic) bond motifs is 3. The first-order valence-corrected chi connectivity index (χ1v) is 12.2. The van der Waals surface area contributed by atoms with Crippen LogP contribution in [0.5, 0.6) is 5.75 Å². The Morgan fingerprint density at radius 2 is 1.84 bits per heavy atom. The summed E-state index contributed by atoms with van der Waals surface area (Å²) in [7, 11) is 3.49. The molecule has 0 saturated heterocycles. The highest BCUT2D eigenvalue weighted by atomic mass is 19.1. The Bertz CT molecular complexity index is 1580. The van der Waals surface area contributed by atoms with Crippen LogP contribution >= 0.6 is 0 Å². The average Bonchev–Trinajstić information content (AvgIpc) is 3.13. The lowest BCUT2D eigenvalue weighted by molar-refractivity contribution is 0.0223. The molecule has 4 aromatic rings. The largest absolute Gasteiger partial charge is 0.496 e. The topological polar surface area (TPSA) is 65.7 Å². The van der Waals surface area contributed by atoms with Crippen LogP contribution in [0.1, 0.15) is 32.0 Å². The van der Waals surface area contributed by atoms with E-state index in [2.05, 4.69) is 4.57 Å². The molecule has 2 aromatic heterocycles. The molecule has 3 heterocycles. The molecule has 8 heteroatoms. The SMILES string of the molecule is COc1cc(F)ccc1-c1ccn(-c2ccc3c4c(n(C)c3c2)CCN(C(=O)OC(C)(C)C)C4)c(=O)c1. The van der Waals surface area contributed by atoms with Crippen molar-refractivity contribution in [1.82, 2.24) is 14.0 Å². The molecule has 0 unspecified atom stereocenters. The Balaban J connectivity index is 1.49. The van der Waals surface area contributed by atoms with Crippen molar-refractivity contribution in [2.75, 3.05) is 13.7 Å². The molecule has 1 aliphatic heterocycles. The van der Waals surface area contributed by atoms with E-state index in [1.807, 2.05) is 52.1 Å². The fourth-order valence-corrected chi connectivity index (χ4v) is 4.96. The van der Waals surface area contributed by atoms with Gasteiger partial charge in [0.2, 0.25) is 0 Å². The van der Waals surface area contributed by atoms with E-state index in [1.54, 1.807) is 21.7 Å². The highest BCUT2D eigenvalue weighted by Gasteiger charge is 2.29. The van der Waals surface area contributed by atoms with Crippen LogP contribution in [0.3, 0.4) is 0 Å². The molecule has 0 fully saturated rings. The second kappa shape index (κ2) is 9.10. The molecule has 0 atom stereocenters. The minimum Gasteiger partial charge on any atom is -0.496 e. The lowest BCUT2D eigenvalue weighted by atomic mass is 10.0. The number of amides is 1. The van der Waals surface area contributed by atoms with E-state index < -0.39 is 11.4 Å². The summed E-state index contributed by atoms with van der Waals surface area (Å²) in [6.45, 7) is 6.67. The van der Waals surface area contributed by atoms with Crippen molar-refractivity contribution in [2.24, 2.45) is 7.05 Å². The van der Waals surface area contributed by atoms with E-state index in [4.69, 9.17) is 9.47 Å². The molecule has 0 saturated carbocycles. The van der Waals surface area contributed by atoms with Gasteiger partial charge in [-0.1, -0.05) is 6.07 Å². The average molecular weight is 504 g/mol. The third-order valence-electron chi connectivity index (χ3n) is 6.71. The molecule has 0 N–H and O–H groups in total. The van der Waals surface area contributed by atoms with Crippen molar-refractivity contribution in [3.8, 4) is 22.6 Å². The molecule has 7 nitrogen and oxygen atoms in total. The first kappa shape index (κ1) is 24.6. The van der Waals surface area contributed by atoms with Gasteiger partial charge in [0.05, 0.1) is 24.9 Å². The Labute approximate surface area is 214 Å². The summed E-state index contributed by atoms with van der Waals surface area (Å²) in [4.78, 5) is 27.5. The van der Waals surface area contributed by atoms with Crippen LogP contribution in [0.15, 0.2) is 59.5 Å². The lowest BCUT2D eigenvalue weighted by Gasteiger charge is -2.30. The number of carbonyl (C=O) groups is 1. The molecule has 0 spiro atoms. The first-order chi connectivity index (χ1) is 17.6. The minimum atomic E-state index is -0.546. The van der Waals surface area contributed by atoms with Gasteiger partial charge < -0.3 is 18.9 Å². The molecule has 37 heavy (non-hydrogen) atoms. The number of ether oxygens (including phenoxy) is 2. The smallest absolute Gasteiger partial charge is 0.410 e. The standard InChI is InChI=1S/C29H30FN3O4/c1-29(2,3)37-28(35)32-12-11-24-23(17-32)22-9-7-20(16-25(22)31(24)4)33-13-10-18(14-27(33)34)21-8-6-19(30)15-26(21)36-5/h6-10,13-16H,11-12,17H2,1-5H3. The predicted molar refractivity (Wildman–Crippen MR) is 141 cm³/mol. The summed E-state index contributed by atoms with van der Waals surface area (Å²) in [5.74, 6) is -0.0323. The number of hydrogen-bond acceptors (Lipinski definition) is 4. The number of methoxy groups -OCH3 is 1. The Morgan fingerprint density at radius 1 is 1.05 bits per heavy atom. The number of halogens is 1. The summed E-state index contributed by atoms with van der Waals surface area (Å²) >= 11 is 0. The minimum absolute atomic E-state index is 0.210. The third-order valence-corrected chi connectivity index (χ3v) is 6.71. The van der Waals surface area contributed by atoms with E-state index in [0.29, 0.717) is 30.0 Å². The summed E-state index contributed by atoms with van der Waals surface area (Å²) < 4.78 is 28.2. The van der Waals surface area contributed by atoms with Crippen molar-refractivity contribution in [3.05, 3.63) is 82.2 Å². The van der Waals surface area contributed by atoms with Crippen molar-refractivity contribution >= 4 is 17.0 Å². The van der Waals surface area contributed by atoms with E-state index in [-0.39, 0.29) is 11.7 Å². The zero-order valence-electron chi connectivity index (χ0n) is 21.7. The third kappa shape index (κ3) is 4.59. The zero-order chi connectivity index (χ0) is 26.5. The van der Waals surface area contributed by atoms with Gasteiger partial charge in [0.25, 0.3) is 5.56 Å². The van der Waals surface area contributed by atoms with E-state index >= 15 is 0 Å². The summed E-state index contributed by atoms with van der Waals surface area (Å²) in [6.07, 6.45) is 2.13. The van der Waals surface area contributed by atoms with Crippen LogP contribution in [-0.4, -0.2) is 39.4 Å². The van der Waals surface area contributed by atoms with Crippen LogP contribution in [-0.2, 0) is 24.8 Å². The first-order valence-electron chi connectivity index (χ1n) is 12.2. The van der Waals surface area contributed by atoms with Crippen LogP contribution in [0.4, 0.5) is 9.18 Å². The quantitative estimate of drug-likeness (QED) is 0.374. The molecule has 0 aliphatic carbocycles. The van der Waals surface area contributed by atoms with Gasteiger partial charge in [0.15, 0.2) is 0 Å². The molecule has 0 radical (unpaired) electrons. The monoisotopic (exact) mass is 503 g/mol. The van der Waals surface area contributed by atoms with Crippen molar-refractivity contribution in [1.29, 1.82) is 0 Å². The molecule has 2 aromatic carbocycles. The maximum atomic E-state index is 13.6. The number of aryl methyl sites for hydroxylation is 1. The molecule has 0 bridgehead atoms. The van der Waals surface area contributed by atoms with Gasteiger partial charge >= 0.3 is 6.09 Å². The van der Waals surface area contributed by atoms with Crippen LogP contribution in [0.25, 0.3) is 27.7 Å². The molecule has 192 valence electrons. The van der Waals surface area contributed by atoms with Gasteiger partial charge in [-0.15, -0.1) is 0 Å². The van der Waals surface area contributed by atoms with Gasteiger partial charge in [0, 0.05) is 60.5 Å². The van der Waals surface area contributed by atoms with Crippen LogP contribution in [0, 0.1) is 5.82 Å². The molecular weight excluding hydrogens is 473 g/mol. The van der Waals surface area contributed by atoms with Gasteiger partial charge in [-0.25, -0.2) is 9.18 Å². The fourth-order valence-electron chi connectivity index (χ4n) is 4.96. The Morgan fingerprint density at radius 3 is 2.54 bits per heavy atom. The summed E-state index contributed by atoms with van der Waals surface area (Å²) in [5, 5.41) is 1.05. The second-order valence-corrected chi connectivity index (χ2v) is 10.3. The van der Waals surface area contributed by atoms with Gasteiger partial charge in [-0.05, 0) is 56.7 Å². The normalized spacial score (nSPS) is 13.5. The summed E-state index contributed by atoms with van der Waals surface area (Å²) in [5.41, 5.74) is 4.55. The van der Waals surface area contributed by atoms with Gasteiger partial charge in [-0.3, -0.25) is 9.36 Å². The van der Waals surface area contributed by atoms with Gasteiger partial charge in [0.1, 0.15) is 17.2 Å². The van der Waals surface area contributed by atoms with Crippen molar-refractivity contribution in [3.63, 3.8) is 0 Å². The zero-order valence-corrected chi connectivity index (χ0v) is 21.7. The van der Waals surface area contributed by atoms with E-state index in [9.17, 15) is 14.0 Å². The predicted octanol–water partition coefficient (Wildman–Crippen LogP) is 5.44. The van der Waals surface area contributed by atoms with E-state index in [1.165, 1.54) is 31.0 Å². The van der Waals surface area contributed by atoms with Crippen LogP contribution in [0.2, 0.25) is 0 Å². The number of carbonyl (C=O) groups excluding carboxylic acids is 1. The molecule has 5 rings (SSSR count). The second-order valence-electron chi connectivity index (χ2n) is 10.3. The molecule has 1 amide bonds. The number of aromatic nitrogens is 2. The number of rotatable bonds is 3. The van der Waals surface area contributed by atoms with Gasteiger partial charge in [-0.2, -0.15) is 0 Å². The fraction of sp³-hybridized carbons (Fsp3) is 0.310. The Hall–Kier alpha value is -4.07. The molecule has 1 aliphatic rings.